The van der Waals surface area contributed by atoms with Crippen molar-refractivity contribution in [3.63, 3.8) is 0 Å². The molecule has 1 aliphatic rings. The molecule has 112 valence electrons. The smallest absolute Gasteiger partial charge is 0.243 e. The minimum atomic E-state index is -3.93. The first-order valence-electron chi connectivity index (χ1n) is 6.49. The Labute approximate surface area is 117 Å². The van der Waals surface area contributed by atoms with Gasteiger partial charge >= 0.3 is 0 Å². The van der Waals surface area contributed by atoms with Gasteiger partial charge in [0.2, 0.25) is 10.0 Å². The zero-order valence-electron chi connectivity index (χ0n) is 11.1. The van der Waals surface area contributed by atoms with Gasteiger partial charge in [-0.25, -0.2) is 17.2 Å². The quantitative estimate of drug-likeness (QED) is 0.928. The van der Waals surface area contributed by atoms with E-state index < -0.39 is 33.8 Å². The normalized spacial score (nSPS) is 22.7. The predicted octanol–water partition coefficient (Wildman–Crippen LogP) is 1.89. The van der Waals surface area contributed by atoms with Crippen molar-refractivity contribution in [2.45, 2.75) is 43.2 Å². The zero-order valence-corrected chi connectivity index (χ0v) is 11.9. The van der Waals surface area contributed by atoms with Crippen LogP contribution in [0, 0.1) is 11.6 Å². The van der Waals surface area contributed by atoms with Gasteiger partial charge in [-0.15, -0.1) is 0 Å². The third kappa shape index (κ3) is 2.84. The lowest BCUT2D eigenvalue weighted by atomic mass is 10.0. The average molecular weight is 305 g/mol. The van der Waals surface area contributed by atoms with Crippen LogP contribution in [-0.2, 0) is 10.0 Å². The van der Waals surface area contributed by atoms with E-state index in [1.54, 1.807) is 0 Å². The molecule has 1 aliphatic heterocycles. The molecule has 0 radical (unpaired) electrons. The fourth-order valence-electron chi connectivity index (χ4n) is 2.48. The SMILES string of the molecule is CC(O)C1CCCCN1S(=O)(=O)c1ccc(F)c(F)c1. The predicted molar refractivity (Wildman–Crippen MR) is 69.6 cm³/mol. The Hall–Kier alpha value is -1.05. The largest absolute Gasteiger partial charge is 0.392 e. The molecule has 0 saturated carbocycles. The molecule has 7 heteroatoms. The fraction of sp³-hybridized carbons (Fsp3) is 0.538. The lowest BCUT2D eigenvalue weighted by Gasteiger charge is -2.36. The number of sulfonamides is 1. The molecule has 0 bridgehead atoms. The van der Waals surface area contributed by atoms with E-state index in [1.165, 1.54) is 11.2 Å². The van der Waals surface area contributed by atoms with Crippen molar-refractivity contribution in [1.29, 1.82) is 0 Å². The number of hydrogen-bond acceptors (Lipinski definition) is 3. The van der Waals surface area contributed by atoms with Gasteiger partial charge in [0.15, 0.2) is 11.6 Å². The van der Waals surface area contributed by atoms with Crippen molar-refractivity contribution in [3.05, 3.63) is 29.8 Å². The third-order valence-electron chi connectivity index (χ3n) is 3.55. The van der Waals surface area contributed by atoms with Crippen LogP contribution in [0.4, 0.5) is 8.78 Å². The van der Waals surface area contributed by atoms with Crippen LogP contribution < -0.4 is 0 Å². The second-order valence-electron chi connectivity index (χ2n) is 5.00. The lowest BCUT2D eigenvalue weighted by Crippen LogP contribution is -2.48. The van der Waals surface area contributed by atoms with Crippen molar-refractivity contribution in [1.82, 2.24) is 4.31 Å². The van der Waals surface area contributed by atoms with E-state index in [2.05, 4.69) is 0 Å². The summed E-state index contributed by atoms with van der Waals surface area (Å²) in [5.74, 6) is -2.29. The number of halogens is 2. The van der Waals surface area contributed by atoms with Crippen LogP contribution in [0.5, 0.6) is 0 Å². The molecule has 1 heterocycles. The molecule has 0 aromatic heterocycles. The Balaban J connectivity index is 2.39. The molecular weight excluding hydrogens is 288 g/mol. The fourth-order valence-corrected chi connectivity index (χ4v) is 4.25. The van der Waals surface area contributed by atoms with E-state index in [0.29, 0.717) is 18.9 Å². The van der Waals surface area contributed by atoms with Crippen LogP contribution in [0.15, 0.2) is 23.1 Å². The van der Waals surface area contributed by atoms with Crippen molar-refractivity contribution in [2.75, 3.05) is 6.54 Å². The van der Waals surface area contributed by atoms with Crippen LogP contribution in [0.2, 0.25) is 0 Å². The molecule has 0 spiro atoms. The molecule has 1 N–H and O–H groups in total. The van der Waals surface area contributed by atoms with E-state index in [9.17, 15) is 22.3 Å². The Morgan fingerprint density at radius 2 is 2.00 bits per heavy atom. The second kappa shape index (κ2) is 5.75. The van der Waals surface area contributed by atoms with Crippen LogP contribution >= 0.6 is 0 Å². The number of benzene rings is 1. The molecule has 1 aromatic rings. The van der Waals surface area contributed by atoms with Gasteiger partial charge in [-0.3, -0.25) is 0 Å². The highest BCUT2D eigenvalue weighted by atomic mass is 32.2. The topological polar surface area (TPSA) is 57.6 Å². The molecule has 1 fully saturated rings. The number of rotatable bonds is 3. The third-order valence-corrected chi connectivity index (χ3v) is 5.47. The van der Waals surface area contributed by atoms with Crippen molar-refractivity contribution in [3.8, 4) is 0 Å². The maximum absolute atomic E-state index is 13.2. The Morgan fingerprint density at radius 1 is 1.30 bits per heavy atom. The molecule has 1 aromatic carbocycles. The highest BCUT2D eigenvalue weighted by Crippen LogP contribution is 2.27. The zero-order chi connectivity index (χ0) is 14.9. The minimum Gasteiger partial charge on any atom is -0.392 e. The summed E-state index contributed by atoms with van der Waals surface area (Å²) in [5.41, 5.74) is 0. The Morgan fingerprint density at radius 3 is 2.60 bits per heavy atom. The van der Waals surface area contributed by atoms with Crippen LogP contribution in [0.25, 0.3) is 0 Å². The van der Waals surface area contributed by atoms with Gasteiger partial charge in [0.1, 0.15) is 0 Å². The maximum atomic E-state index is 13.2. The van der Waals surface area contributed by atoms with Crippen LogP contribution in [-0.4, -0.2) is 36.5 Å². The van der Waals surface area contributed by atoms with Crippen molar-refractivity contribution in [2.24, 2.45) is 0 Å². The van der Waals surface area contributed by atoms with Gasteiger partial charge in [0, 0.05) is 6.54 Å². The standard InChI is InChI=1S/C13H17F2NO3S/c1-9(17)13-4-2-3-7-16(13)20(18,19)10-5-6-11(14)12(15)8-10/h5-6,8-9,13,17H,2-4,7H2,1H3. The molecule has 1 saturated heterocycles. The first-order chi connectivity index (χ1) is 9.34. The molecule has 4 nitrogen and oxygen atoms in total. The molecular formula is C13H17F2NO3S. The number of aliphatic hydroxyl groups excluding tert-OH is 1. The molecule has 2 rings (SSSR count). The van der Waals surface area contributed by atoms with Gasteiger partial charge in [-0.05, 0) is 38.0 Å². The highest BCUT2D eigenvalue weighted by molar-refractivity contribution is 7.89. The summed E-state index contributed by atoms with van der Waals surface area (Å²) < 4.78 is 52.3. The van der Waals surface area contributed by atoms with Gasteiger partial charge in [-0.1, -0.05) is 6.42 Å². The maximum Gasteiger partial charge on any atom is 0.243 e. The number of nitrogens with zero attached hydrogens (tertiary/aromatic N) is 1. The summed E-state index contributed by atoms with van der Waals surface area (Å²) in [5, 5.41) is 9.72. The molecule has 20 heavy (non-hydrogen) atoms. The minimum absolute atomic E-state index is 0.275. The van der Waals surface area contributed by atoms with Gasteiger partial charge in [0.25, 0.3) is 0 Å². The Kier molecular flexibility index (Phi) is 4.41. The first-order valence-corrected chi connectivity index (χ1v) is 7.93. The van der Waals surface area contributed by atoms with E-state index >= 15 is 0 Å². The van der Waals surface area contributed by atoms with Crippen LogP contribution in [0.3, 0.4) is 0 Å². The summed E-state index contributed by atoms with van der Waals surface area (Å²) in [4.78, 5) is -0.288. The second-order valence-corrected chi connectivity index (χ2v) is 6.89. The van der Waals surface area contributed by atoms with Crippen molar-refractivity contribution < 1.29 is 22.3 Å². The summed E-state index contributed by atoms with van der Waals surface area (Å²) in [6.45, 7) is 1.81. The molecule has 0 aliphatic carbocycles. The summed E-state index contributed by atoms with van der Waals surface area (Å²) in [6.07, 6.45) is 1.27. The molecule has 0 amide bonds. The van der Waals surface area contributed by atoms with Gasteiger partial charge in [0.05, 0.1) is 17.0 Å². The van der Waals surface area contributed by atoms with Gasteiger partial charge in [-0.2, -0.15) is 4.31 Å². The van der Waals surface area contributed by atoms with Crippen LogP contribution in [0.1, 0.15) is 26.2 Å². The Bertz CT molecular complexity index is 589. The number of aliphatic hydroxyl groups is 1. The summed E-state index contributed by atoms with van der Waals surface area (Å²) in [6, 6.07) is 1.99. The van der Waals surface area contributed by atoms with E-state index in [-0.39, 0.29) is 11.4 Å². The molecule has 2 unspecified atom stereocenters. The first kappa shape index (κ1) is 15.3. The average Bonchev–Trinajstić information content (AvgIpc) is 2.41. The monoisotopic (exact) mass is 305 g/mol. The summed E-state index contributed by atoms with van der Waals surface area (Å²) in [7, 11) is -3.93. The van der Waals surface area contributed by atoms with E-state index in [0.717, 1.165) is 18.6 Å². The summed E-state index contributed by atoms with van der Waals surface area (Å²) >= 11 is 0. The lowest BCUT2D eigenvalue weighted by molar-refractivity contribution is 0.0831. The van der Waals surface area contributed by atoms with E-state index in [1.807, 2.05) is 0 Å². The highest BCUT2D eigenvalue weighted by Gasteiger charge is 2.36. The number of piperidine rings is 1. The van der Waals surface area contributed by atoms with Crippen molar-refractivity contribution >= 4 is 10.0 Å². The molecule has 2 atom stereocenters. The van der Waals surface area contributed by atoms with E-state index in [4.69, 9.17) is 0 Å². The number of hydrogen-bond donors (Lipinski definition) is 1. The van der Waals surface area contributed by atoms with Gasteiger partial charge < -0.3 is 5.11 Å².